The fraction of sp³-hybridized carbons (Fsp3) is 0.348. The Morgan fingerprint density at radius 3 is 2.39 bits per heavy atom. The molecular formula is C23H22ClN6NaO13S2. The van der Waals surface area contributed by atoms with E-state index in [1.807, 2.05) is 0 Å². The Morgan fingerprint density at radius 2 is 1.85 bits per heavy atom. The summed E-state index contributed by atoms with van der Waals surface area (Å²) < 4.78 is 43.8. The number of nitrogens with zero attached hydrogens (tertiary/aromatic N) is 4. The number of amides is 3. The number of ether oxygens (including phenoxy) is 2. The van der Waals surface area contributed by atoms with Crippen molar-refractivity contribution in [1.82, 2.24) is 14.6 Å². The second-order valence-corrected chi connectivity index (χ2v) is 11.6. The van der Waals surface area contributed by atoms with Gasteiger partial charge in [0.15, 0.2) is 27.2 Å². The van der Waals surface area contributed by atoms with Gasteiger partial charge in [0.1, 0.15) is 24.2 Å². The van der Waals surface area contributed by atoms with Crippen LogP contribution in [0.4, 0.5) is 10.8 Å². The second-order valence-electron chi connectivity index (χ2n) is 9.27. The second kappa shape index (κ2) is 15.7. The van der Waals surface area contributed by atoms with Crippen molar-refractivity contribution in [3.05, 3.63) is 51.0 Å². The van der Waals surface area contributed by atoms with E-state index in [1.165, 1.54) is 43.5 Å². The maximum absolute atomic E-state index is 13.3. The molecule has 1 aliphatic heterocycles. The Kier molecular flexibility index (Phi) is 13.1. The third-order valence-corrected chi connectivity index (χ3v) is 7.61. The van der Waals surface area contributed by atoms with Gasteiger partial charge in [-0.15, -0.1) is 22.9 Å². The predicted octanol–water partition coefficient (Wildman–Crippen LogP) is -3.20. The van der Waals surface area contributed by atoms with Crippen molar-refractivity contribution < 1.29 is 85.7 Å². The minimum atomic E-state index is -5.46. The molecule has 2 atom stereocenters. The van der Waals surface area contributed by atoms with E-state index in [4.69, 9.17) is 21.2 Å². The van der Waals surface area contributed by atoms with Crippen LogP contribution in [0.25, 0.3) is 0 Å². The van der Waals surface area contributed by atoms with Crippen molar-refractivity contribution in [1.29, 1.82) is 0 Å². The normalized spacial score (nSPS) is 16.3. The Labute approximate surface area is 290 Å². The minimum Gasteiger partial charge on any atom is -0.731 e. The molecule has 1 saturated heterocycles. The summed E-state index contributed by atoms with van der Waals surface area (Å²) in [7, 11) is -4.60. The molecule has 1 aromatic carbocycles. The van der Waals surface area contributed by atoms with Gasteiger partial charge in [0.05, 0.1) is 12.0 Å². The van der Waals surface area contributed by atoms with E-state index < -0.39 is 74.2 Å². The first-order valence-corrected chi connectivity index (χ1v) is 14.9. The van der Waals surface area contributed by atoms with E-state index in [0.29, 0.717) is 5.56 Å². The number of hydrogen-bond acceptors (Lipinski definition) is 16. The molecular weight excluding hydrogens is 691 g/mol. The first-order chi connectivity index (χ1) is 21.0. The van der Waals surface area contributed by atoms with Crippen LogP contribution in [0.3, 0.4) is 0 Å². The summed E-state index contributed by atoms with van der Waals surface area (Å²) in [5.74, 6) is -6.11. The van der Waals surface area contributed by atoms with E-state index in [9.17, 15) is 47.1 Å². The third-order valence-electron chi connectivity index (χ3n) is 5.73. The van der Waals surface area contributed by atoms with Gasteiger partial charge in [0, 0.05) is 17.5 Å². The van der Waals surface area contributed by atoms with Crippen molar-refractivity contribution in [2.45, 2.75) is 38.1 Å². The molecule has 0 aliphatic carbocycles. The Bertz CT molecular complexity index is 1670. The molecule has 1 fully saturated rings. The summed E-state index contributed by atoms with van der Waals surface area (Å²) in [6, 6.07) is 1.24. The topological polar surface area (TPSA) is 266 Å². The van der Waals surface area contributed by atoms with Crippen molar-refractivity contribution >= 4 is 79.4 Å². The number of β-lactam (4-membered cyclic amide) rings is 1. The van der Waals surface area contributed by atoms with E-state index in [1.54, 1.807) is 0 Å². The molecule has 0 spiro atoms. The summed E-state index contributed by atoms with van der Waals surface area (Å²) in [4.78, 5) is 81.8. The summed E-state index contributed by atoms with van der Waals surface area (Å²) in [6.07, 6.45) is 0. The van der Waals surface area contributed by atoms with Gasteiger partial charge in [-0.25, -0.2) is 27.3 Å². The summed E-state index contributed by atoms with van der Waals surface area (Å²) in [6.45, 7) is 2.13. The molecule has 0 unspecified atom stereocenters. The molecule has 3 amide bonds. The number of aromatic nitrogens is 1. The average molecular weight is 713 g/mol. The van der Waals surface area contributed by atoms with Gasteiger partial charge >= 0.3 is 41.5 Å². The number of carbonyl (C=O) groups is 5. The monoisotopic (exact) mass is 712 g/mol. The van der Waals surface area contributed by atoms with Crippen LogP contribution in [0.15, 0.2) is 34.8 Å². The molecule has 2 N–H and O–H groups in total. The van der Waals surface area contributed by atoms with Crippen molar-refractivity contribution in [3.63, 3.8) is 0 Å². The van der Waals surface area contributed by atoms with E-state index >= 15 is 0 Å². The van der Waals surface area contributed by atoms with Crippen LogP contribution >= 0.6 is 22.9 Å². The summed E-state index contributed by atoms with van der Waals surface area (Å²) in [5.41, 5.74) is -2.64. The maximum atomic E-state index is 13.3. The van der Waals surface area contributed by atoms with Crippen molar-refractivity contribution in [2.24, 2.45) is 5.16 Å². The van der Waals surface area contributed by atoms with Crippen LogP contribution in [0.2, 0.25) is 0 Å². The first kappa shape index (κ1) is 38.5. The van der Waals surface area contributed by atoms with Gasteiger partial charge < -0.3 is 29.5 Å². The fourth-order valence-corrected chi connectivity index (χ4v) is 5.04. The molecule has 3 rings (SSSR count). The number of carbonyl (C=O) groups excluding carboxylic acids is 5. The van der Waals surface area contributed by atoms with Crippen LogP contribution in [-0.2, 0) is 55.2 Å². The number of benzene rings is 1. The van der Waals surface area contributed by atoms with Gasteiger partial charge in [0.2, 0.25) is 11.5 Å². The number of nitrogens with one attached hydrogen (secondary N) is 2. The zero-order valence-corrected chi connectivity index (χ0v) is 28.6. The smallest absolute Gasteiger partial charge is 0.731 e. The Morgan fingerprint density at radius 1 is 1.22 bits per heavy atom. The molecule has 23 heteroatoms. The average Bonchev–Trinajstić information content (AvgIpc) is 3.43. The molecule has 46 heavy (non-hydrogen) atoms. The standard InChI is InChI=1S/C23H23ClN6O13S2.Na/c1-23(2,21(35)42-9-11-4-6-12(7-5-11)30(36)37)43-28-15(13-10-44-22(25-13)26-14(31)8-24)18(32)27-16-17(20(34)41-3)29(19(16)33)45(38,39)40;/h4-7,10,16-17H,8-9H2,1-3H3,(H,27,32)(H,25,26,31)(H,38,39,40);/q;+1/p-1/t16-,17+;/m1./s1. The first-order valence-electron chi connectivity index (χ1n) is 12.2. The number of hydrogen-bond donors (Lipinski definition) is 2. The van der Waals surface area contributed by atoms with Crippen LogP contribution < -0.4 is 40.2 Å². The quantitative estimate of drug-likeness (QED) is 0.0303. The molecule has 2 heterocycles. The van der Waals surface area contributed by atoms with Crippen LogP contribution in [-0.4, -0.2) is 93.2 Å². The third kappa shape index (κ3) is 9.18. The van der Waals surface area contributed by atoms with E-state index in [-0.39, 0.29) is 57.0 Å². The number of oxime groups is 1. The molecule has 0 bridgehead atoms. The number of methoxy groups -OCH3 is 1. The number of halogens is 1. The maximum Gasteiger partial charge on any atom is 1.00 e. The van der Waals surface area contributed by atoms with Crippen LogP contribution in [0.1, 0.15) is 25.1 Å². The summed E-state index contributed by atoms with van der Waals surface area (Å²) in [5, 5.41) is 20.1. The molecule has 2 aromatic rings. The van der Waals surface area contributed by atoms with Crippen molar-refractivity contribution in [3.8, 4) is 0 Å². The van der Waals surface area contributed by atoms with Crippen LogP contribution in [0, 0.1) is 10.1 Å². The van der Waals surface area contributed by atoms with Crippen molar-refractivity contribution in [2.75, 3.05) is 18.3 Å². The number of thiazole rings is 1. The van der Waals surface area contributed by atoms with Gasteiger partial charge in [-0.3, -0.25) is 24.5 Å². The number of rotatable bonds is 13. The number of nitro groups is 1. The largest absolute Gasteiger partial charge is 1.00 e. The number of nitro benzene ring substituents is 1. The zero-order valence-electron chi connectivity index (χ0n) is 24.2. The zero-order chi connectivity index (χ0) is 33.7. The number of anilines is 1. The van der Waals surface area contributed by atoms with Gasteiger partial charge in [0.25, 0.3) is 17.5 Å². The van der Waals surface area contributed by atoms with E-state index in [0.717, 1.165) is 18.4 Å². The molecule has 19 nitrogen and oxygen atoms in total. The van der Waals surface area contributed by atoms with Gasteiger partial charge in [-0.05, 0) is 31.5 Å². The summed E-state index contributed by atoms with van der Waals surface area (Å²) >= 11 is 6.29. The van der Waals surface area contributed by atoms with Gasteiger partial charge in [-0.1, -0.05) is 5.16 Å². The van der Waals surface area contributed by atoms with Gasteiger partial charge in [-0.2, -0.15) is 0 Å². The number of non-ortho nitro benzene ring substituents is 1. The van der Waals surface area contributed by atoms with Crippen LogP contribution in [0.5, 0.6) is 0 Å². The predicted molar refractivity (Wildman–Crippen MR) is 150 cm³/mol. The molecule has 1 aromatic heterocycles. The molecule has 0 saturated carbocycles. The SMILES string of the molecule is COC(=O)[C@@H]1[C@@H](NC(=O)C(=NOC(C)(C)C(=O)OCc2ccc([N+](=O)[O-])cc2)c2csc(NC(=O)CCl)n2)C(=O)N1S(=O)(=O)[O-].[Na+]. The Hall–Kier alpha value is -3.73. The molecule has 242 valence electrons. The molecule has 1 aliphatic rings. The number of alkyl halides is 1. The number of esters is 2. The molecule has 0 radical (unpaired) electrons. The Balaban J connectivity index is 0.00000736. The minimum absolute atomic E-state index is 0. The fourth-order valence-electron chi connectivity index (χ4n) is 3.45. The van der Waals surface area contributed by atoms with E-state index in [2.05, 4.69) is 25.5 Å².